The van der Waals surface area contributed by atoms with Crippen molar-refractivity contribution in [2.75, 3.05) is 13.1 Å². The maximum Gasteiger partial charge on any atom is 0.252 e. The minimum atomic E-state index is -0.395. The van der Waals surface area contributed by atoms with Gasteiger partial charge in [0.1, 0.15) is 35.3 Å². The second kappa shape index (κ2) is 18.8. The summed E-state index contributed by atoms with van der Waals surface area (Å²) in [5, 5.41) is 14.2. The first kappa shape index (κ1) is 41.1. The van der Waals surface area contributed by atoms with Gasteiger partial charge in [0.25, 0.3) is 11.8 Å². The Morgan fingerprint density at radius 3 is 1.26 bits per heavy atom. The van der Waals surface area contributed by atoms with Crippen LogP contribution in [0.5, 0.6) is 23.0 Å². The number of hydrogen-bond donors (Lipinski definition) is 4. The Hall–Kier alpha value is -6.22. The maximum atomic E-state index is 13.6. The Kier molecular flexibility index (Phi) is 12.5. The van der Waals surface area contributed by atoms with Crippen LogP contribution >= 0.6 is 0 Å². The highest BCUT2D eigenvalue weighted by atomic mass is 16.5. The third-order valence-electron chi connectivity index (χ3n) is 13.3. The lowest BCUT2D eigenvalue weighted by molar-refractivity contribution is -0.116. The van der Waals surface area contributed by atoms with Crippen LogP contribution in [-0.4, -0.2) is 24.9 Å². The van der Waals surface area contributed by atoms with Crippen LogP contribution in [0.15, 0.2) is 170 Å². The Balaban J connectivity index is 0.882. The van der Waals surface area contributed by atoms with Gasteiger partial charge in [0.2, 0.25) is 0 Å². The van der Waals surface area contributed by atoms with Crippen LogP contribution in [0.4, 0.5) is 0 Å². The zero-order valence-corrected chi connectivity index (χ0v) is 35.2. The molecular weight excluding hydrogens is 769 g/mol. The smallest absolute Gasteiger partial charge is 0.252 e. The molecular formula is C54H56N4O4. The molecule has 6 aromatic rings. The standard InChI is InChI=1S/C54H56N4O4/c59-51(41-15-5-1-6-16-41)57-49(43-19-13-25-47(32-43)61-45-21-9-3-10-22-45)55-29-27-53-34-39-31-40(35-53)37-54(36-39,38-53)28-30-56-50(58-52(60)42-17-7-2-8-18-42)44-20-14-26-48(33-44)62-46-23-11-4-12-24-46/h1-26,32-33,39-40,49-50,55-56H,27-31,34-38H2,(H,57,59)(H,58,60). The van der Waals surface area contributed by atoms with Crippen LogP contribution in [-0.2, 0) is 0 Å². The molecule has 316 valence electrons. The highest BCUT2D eigenvalue weighted by molar-refractivity contribution is 5.94. The number of rotatable bonds is 18. The van der Waals surface area contributed by atoms with Crippen molar-refractivity contribution >= 4 is 11.8 Å². The molecule has 62 heavy (non-hydrogen) atoms. The van der Waals surface area contributed by atoms with Crippen LogP contribution in [0.25, 0.3) is 0 Å². The van der Waals surface area contributed by atoms with Crippen LogP contribution in [0, 0.1) is 22.7 Å². The van der Waals surface area contributed by atoms with Gasteiger partial charge in [0, 0.05) is 11.1 Å². The Morgan fingerprint density at radius 1 is 0.484 bits per heavy atom. The van der Waals surface area contributed by atoms with Gasteiger partial charge in [0.15, 0.2) is 0 Å². The average Bonchev–Trinajstić information content (AvgIpc) is 3.29. The summed E-state index contributed by atoms with van der Waals surface area (Å²) in [5.74, 6) is 4.21. The van der Waals surface area contributed by atoms with Crippen LogP contribution in [0.1, 0.15) is 95.5 Å². The summed E-state index contributed by atoms with van der Waals surface area (Å²) in [4.78, 5) is 27.1. The molecule has 2 amide bonds. The van der Waals surface area contributed by atoms with Crippen molar-refractivity contribution in [2.45, 2.75) is 63.7 Å². The molecule has 4 saturated carbocycles. The number of carbonyl (C=O) groups excluding carboxylic acids is 2. The molecule has 0 aromatic heterocycles. The highest BCUT2D eigenvalue weighted by Crippen LogP contribution is 2.67. The molecule has 8 nitrogen and oxygen atoms in total. The van der Waals surface area contributed by atoms with E-state index in [1.807, 2.05) is 158 Å². The maximum absolute atomic E-state index is 13.6. The normalized spacial score (nSPS) is 22.0. The SMILES string of the molecule is O=C(NC(NCCC12CC3CC(C1)CC(CCNC(NC(=O)c1ccccc1)c1cccc(Oc4ccccc4)c1)(C3)C2)c1cccc(Oc2ccccc2)c1)c1ccccc1. The molecule has 4 N–H and O–H groups in total. The number of ether oxygens (including phenoxy) is 2. The van der Waals surface area contributed by atoms with Crippen LogP contribution in [0.2, 0.25) is 0 Å². The zero-order chi connectivity index (χ0) is 42.2. The minimum Gasteiger partial charge on any atom is -0.457 e. The Labute approximate surface area is 365 Å². The summed E-state index contributed by atoms with van der Waals surface area (Å²) in [7, 11) is 0. The van der Waals surface area contributed by atoms with E-state index in [1.54, 1.807) is 0 Å². The fraction of sp³-hybridized carbons (Fsp3) is 0.296. The highest BCUT2D eigenvalue weighted by Gasteiger charge is 2.56. The van der Waals surface area contributed by atoms with Crippen molar-refractivity contribution in [3.8, 4) is 23.0 Å². The second-order valence-corrected chi connectivity index (χ2v) is 17.9. The lowest BCUT2D eigenvalue weighted by atomic mass is 9.43. The summed E-state index contributed by atoms with van der Waals surface area (Å²) in [5.41, 5.74) is 3.66. The van der Waals surface area contributed by atoms with E-state index < -0.39 is 12.3 Å². The van der Waals surface area contributed by atoms with Gasteiger partial charge in [-0.05, 0) is 171 Å². The van der Waals surface area contributed by atoms with Gasteiger partial charge in [-0.15, -0.1) is 0 Å². The number of hydrogen-bond acceptors (Lipinski definition) is 6. The molecule has 2 unspecified atom stereocenters. The third-order valence-corrected chi connectivity index (χ3v) is 13.3. The van der Waals surface area contributed by atoms with Gasteiger partial charge < -0.3 is 20.1 Å². The molecule has 2 atom stereocenters. The first-order valence-corrected chi connectivity index (χ1v) is 22.2. The van der Waals surface area contributed by atoms with Crippen molar-refractivity contribution < 1.29 is 19.1 Å². The van der Waals surface area contributed by atoms with Gasteiger partial charge in [0.05, 0.1) is 0 Å². The topological polar surface area (TPSA) is 101 Å². The van der Waals surface area contributed by atoms with Gasteiger partial charge in [-0.25, -0.2) is 0 Å². The Bertz CT molecular complexity index is 2230. The van der Waals surface area contributed by atoms with E-state index in [-0.39, 0.29) is 22.6 Å². The molecule has 4 bridgehead atoms. The van der Waals surface area contributed by atoms with E-state index in [4.69, 9.17) is 9.47 Å². The lowest BCUT2D eigenvalue weighted by Gasteiger charge is -2.63. The molecule has 4 fully saturated rings. The summed E-state index contributed by atoms with van der Waals surface area (Å²) < 4.78 is 12.4. The summed E-state index contributed by atoms with van der Waals surface area (Å²) in [6, 6.07) is 54.4. The van der Waals surface area contributed by atoms with Gasteiger partial charge >= 0.3 is 0 Å². The average molecular weight is 825 g/mol. The van der Waals surface area contributed by atoms with E-state index in [0.717, 1.165) is 71.9 Å². The van der Waals surface area contributed by atoms with Gasteiger partial charge in [-0.1, -0.05) is 97.1 Å². The predicted octanol–water partition coefficient (Wildman–Crippen LogP) is 11.4. The first-order chi connectivity index (χ1) is 30.4. The van der Waals surface area contributed by atoms with E-state index in [1.165, 1.54) is 38.5 Å². The molecule has 10 rings (SSSR count). The molecule has 4 aliphatic carbocycles. The predicted molar refractivity (Wildman–Crippen MR) is 244 cm³/mol. The molecule has 0 heterocycles. The summed E-state index contributed by atoms with van der Waals surface area (Å²) >= 11 is 0. The number of para-hydroxylation sites is 2. The van der Waals surface area contributed by atoms with Crippen LogP contribution < -0.4 is 30.7 Å². The fourth-order valence-corrected chi connectivity index (χ4v) is 11.1. The van der Waals surface area contributed by atoms with E-state index in [9.17, 15) is 9.59 Å². The van der Waals surface area contributed by atoms with Crippen molar-refractivity contribution in [3.05, 3.63) is 192 Å². The Morgan fingerprint density at radius 2 is 0.855 bits per heavy atom. The first-order valence-electron chi connectivity index (χ1n) is 22.2. The van der Waals surface area contributed by atoms with E-state index in [2.05, 4.69) is 33.4 Å². The number of benzene rings is 6. The molecule has 0 saturated heterocycles. The minimum absolute atomic E-state index is 0.118. The molecule has 0 spiro atoms. The molecule has 0 aliphatic heterocycles. The number of nitrogens with one attached hydrogen (secondary N) is 4. The van der Waals surface area contributed by atoms with Crippen LogP contribution in [0.3, 0.4) is 0 Å². The summed E-state index contributed by atoms with van der Waals surface area (Å²) in [6.45, 7) is 1.57. The molecule has 8 heteroatoms. The molecule has 6 aromatic carbocycles. The van der Waals surface area contributed by atoms with Gasteiger partial charge in [-0.3, -0.25) is 20.2 Å². The lowest BCUT2D eigenvalue weighted by Crippen LogP contribution is -2.53. The summed E-state index contributed by atoms with van der Waals surface area (Å²) in [6.07, 6.45) is 8.93. The number of amides is 2. The number of carbonyl (C=O) groups is 2. The molecule has 4 aliphatic rings. The fourth-order valence-electron chi connectivity index (χ4n) is 11.1. The monoisotopic (exact) mass is 824 g/mol. The quantitative estimate of drug-likeness (QED) is 0.0644. The zero-order valence-electron chi connectivity index (χ0n) is 35.2. The third kappa shape index (κ3) is 10.1. The van der Waals surface area contributed by atoms with Crippen molar-refractivity contribution in [1.82, 2.24) is 21.3 Å². The van der Waals surface area contributed by atoms with Crippen molar-refractivity contribution in [2.24, 2.45) is 22.7 Å². The largest absolute Gasteiger partial charge is 0.457 e. The van der Waals surface area contributed by atoms with Crippen molar-refractivity contribution in [1.29, 1.82) is 0 Å². The van der Waals surface area contributed by atoms with E-state index >= 15 is 0 Å². The second-order valence-electron chi connectivity index (χ2n) is 17.9. The van der Waals surface area contributed by atoms with E-state index in [0.29, 0.717) is 11.1 Å². The van der Waals surface area contributed by atoms with Crippen molar-refractivity contribution in [3.63, 3.8) is 0 Å². The molecule has 0 radical (unpaired) electrons. The van der Waals surface area contributed by atoms with Gasteiger partial charge in [-0.2, -0.15) is 0 Å².